The van der Waals surface area contributed by atoms with E-state index in [2.05, 4.69) is 15.1 Å². The molecule has 2 heterocycles. The molecule has 20 heavy (non-hydrogen) atoms. The third-order valence-corrected chi connectivity index (χ3v) is 3.83. The van der Waals surface area contributed by atoms with E-state index >= 15 is 0 Å². The van der Waals surface area contributed by atoms with E-state index in [9.17, 15) is 4.79 Å². The van der Waals surface area contributed by atoms with Gasteiger partial charge in [0, 0.05) is 23.9 Å². The summed E-state index contributed by atoms with van der Waals surface area (Å²) in [6, 6.07) is 1.85. The Morgan fingerprint density at radius 2 is 2.30 bits per heavy atom. The number of rotatable bonds is 3. The minimum Gasteiger partial charge on any atom is -0.481 e. The quantitative estimate of drug-likeness (QED) is 0.923. The van der Waals surface area contributed by atoms with Gasteiger partial charge in [-0.3, -0.25) is 9.78 Å². The molecular weight excluding hydrogens is 258 g/mol. The standard InChI is InChI=1S/C14H15N3O3/c1-8-7-15-5-4-11(8)12-16-13(20-17-12)9-2-3-10(6-9)14(18)19/h4-5,7,9-10H,2-3,6H2,1H3,(H,18,19). The fourth-order valence-corrected chi connectivity index (χ4v) is 2.66. The average molecular weight is 273 g/mol. The first kappa shape index (κ1) is 12.8. The van der Waals surface area contributed by atoms with Crippen LogP contribution in [0.2, 0.25) is 0 Å². The molecule has 2 aromatic rings. The van der Waals surface area contributed by atoms with Crippen molar-refractivity contribution >= 4 is 5.97 Å². The molecule has 1 saturated carbocycles. The van der Waals surface area contributed by atoms with Crippen molar-refractivity contribution in [3.63, 3.8) is 0 Å². The van der Waals surface area contributed by atoms with E-state index in [0.717, 1.165) is 17.5 Å². The van der Waals surface area contributed by atoms with Crippen molar-refractivity contribution in [3.05, 3.63) is 29.9 Å². The van der Waals surface area contributed by atoms with Gasteiger partial charge in [0.05, 0.1) is 5.92 Å². The smallest absolute Gasteiger partial charge is 0.306 e. The third-order valence-electron chi connectivity index (χ3n) is 3.83. The highest BCUT2D eigenvalue weighted by Gasteiger charge is 2.33. The van der Waals surface area contributed by atoms with Gasteiger partial charge in [0.1, 0.15) is 0 Å². The van der Waals surface area contributed by atoms with Crippen LogP contribution in [0.15, 0.2) is 23.0 Å². The van der Waals surface area contributed by atoms with Crippen molar-refractivity contribution in [2.75, 3.05) is 0 Å². The zero-order valence-electron chi connectivity index (χ0n) is 11.1. The number of pyridine rings is 1. The van der Waals surface area contributed by atoms with Crippen molar-refractivity contribution in [1.82, 2.24) is 15.1 Å². The molecule has 0 saturated heterocycles. The number of hydrogen-bond acceptors (Lipinski definition) is 5. The van der Waals surface area contributed by atoms with Crippen molar-refractivity contribution in [2.45, 2.75) is 32.1 Å². The zero-order chi connectivity index (χ0) is 14.1. The number of carbonyl (C=O) groups is 1. The third kappa shape index (κ3) is 2.29. The summed E-state index contributed by atoms with van der Waals surface area (Å²) in [5.74, 6) is 0.105. The number of aliphatic carboxylic acids is 1. The fourth-order valence-electron chi connectivity index (χ4n) is 2.66. The van der Waals surface area contributed by atoms with E-state index in [1.165, 1.54) is 0 Å². The van der Waals surface area contributed by atoms with Gasteiger partial charge < -0.3 is 9.63 Å². The van der Waals surface area contributed by atoms with Crippen LogP contribution in [0, 0.1) is 12.8 Å². The zero-order valence-corrected chi connectivity index (χ0v) is 11.1. The number of nitrogens with zero attached hydrogens (tertiary/aromatic N) is 3. The molecule has 0 spiro atoms. The van der Waals surface area contributed by atoms with Gasteiger partial charge in [-0.25, -0.2) is 0 Å². The lowest BCUT2D eigenvalue weighted by Gasteiger charge is -2.02. The van der Waals surface area contributed by atoms with Crippen molar-refractivity contribution < 1.29 is 14.4 Å². The van der Waals surface area contributed by atoms with E-state index < -0.39 is 5.97 Å². The molecule has 6 nitrogen and oxygen atoms in total. The highest BCUT2D eigenvalue weighted by molar-refractivity contribution is 5.70. The van der Waals surface area contributed by atoms with Crippen LogP contribution >= 0.6 is 0 Å². The first-order valence-corrected chi connectivity index (χ1v) is 6.62. The van der Waals surface area contributed by atoms with Crippen molar-refractivity contribution in [2.24, 2.45) is 5.92 Å². The van der Waals surface area contributed by atoms with E-state index in [4.69, 9.17) is 9.63 Å². The van der Waals surface area contributed by atoms with Gasteiger partial charge in [-0.2, -0.15) is 4.98 Å². The van der Waals surface area contributed by atoms with Crippen LogP contribution in [0.25, 0.3) is 11.4 Å². The van der Waals surface area contributed by atoms with Crippen LogP contribution in [0.4, 0.5) is 0 Å². The van der Waals surface area contributed by atoms with Crippen LogP contribution in [-0.4, -0.2) is 26.2 Å². The minimum absolute atomic E-state index is 0.0551. The van der Waals surface area contributed by atoms with Crippen LogP contribution in [0.1, 0.15) is 36.6 Å². The lowest BCUT2D eigenvalue weighted by molar-refractivity contribution is -0.141. The minimum atomic E-state index is -0.739. The fraction of sp³-hybridized carbons (Fsp3) is 0.429. The largest absolute Gasteiger partial charge is 0.481 e. The molecule has 0 bridgehead atoms. The first-order chi connectivity index (χ1) is 9.65. The maximum atomic E-state index is 11.0. The van der Waals surface area contributed by atoms with E-state index in [1.807, 2.05) is 13.0 Å². The Hall–Kier alpha value is -2.24. The lowest BCUT2D eigenvalue weighted by atomic mass is 10.1. The van der Waals surface area contributed by atoms with Crippen LogP contribution in [0.5, 0.6) is 0 Å². The van der Waals surface area contributed by atoms with Gasteiger partial charge in [0.25, 0.3) is 0 Å². The summed E-state index contributed by atoms with van der Waals surface area (Å²) < 4.78 is 5.31. The molecule has 0 radical (unpaired) electrons. The molecule has 0 aliphatic heterocycles. The van der Waals surface area contributed by atoms with Gasteiger partial charge >= 0.3 is 5.97 Å². The Bertz CT molecular complexity index is 638. The molecule has 2 unspecified atom stereocenters. The van der Waals surface area contributed by atoms with Gasteiger partial charge in [0.15, 0.2) is 0 Å². The van der Waals surface area contributed by atoms with E-state index in [0.29, 0.717) is 24.6 Å². The maximum Gasteiger partial charge on any atom is 0.306 e. The molecule has 6 heteroatoms. The summed E-state index contributed by atoms with van der Waals surface area (Å²) in [7, 11) is 0. The second kappa shape index (κ2) is 5.03. The Morgan fingerprint density at radius 1 is 1.45 bits per heavy atom. The van der Waals surface area contributed by atoms with Crippen LogP contribution in [-0.2, 0) is 4.79 Å². The summed E-state index contributed by atoms with van der Waals surface area (Å²) in [4.78, 5) is 19.4. The molecular formula is C14H15N3O3. The van der Waals surface area contributed by atoms with Crippen molar-refractivity contribution in [3.8, 4) is 11.4 Å². The Kier molecular flexibility index (Phi) is 3.22. The lowest BCUT2D eigenvalue weighted by Crippen LogP contribution is -2.09. The molecule has 1 aliphatic rings. The molecule has 1 aliphatic carbocycles. The summed E-state index contributed by atoms with van der Waals surface area (Å²) >= 11 is 0. The molecule has 1 N–H and O–H groups in total. The molecule has 3 rings (SSSR count). The molecule has 2 aromatic heterocycles. The summed E-state index contributed by atoms with van der Waals surface area (Å²) in [6.07, 6.45) is 5.47. The van der Waals surface area contributed by atoms with Crippen molar-refractivity contribution in [1.29, 1.82) is 0 Å². The maximum absolute atomic E-state index is 11.0. The van der Waals surface area contributed by atoms with E-state index in [-0.39, 0.29) is 11.8 Å². The Labute approximate surface area is 115 Å². The molecule has 104 valence electrons. The first-order valence-electron chi connectivity index (χ1n) is 6.62. The predicted octanol–water partition coefficient (Wildman–Crippen LogP) is 2.41. The summed E-state index contributed by atoms with van der Waals surface area (Å²) in [5, 5.41) is 13.0. The predicted molar refractivity (Wildman–Crippen MR) is 70.0 cm³/mol. The van der Waals surface area contributed by atoms with Crippen LogP contribution < -0.4 is 0 Å². The average Bonchev–Trinajstić information content (AvgIpc) is 3.08. The number of carboxylic acid groups (broad SMARTS) is 1. The number of carboxylic acids is 1. The second-order valence-electron chi connectivity index (χ2n) is 5.19. The molecule has 2 atom stereocenters. The highest BCUT2D eigenvalue weighted by atomic mass is 16.5. The van der Waals surface area contributed by atoms with Gasteiger partial charge in [-0.15, -0.1) is 0 Å². The SMILES string of the molecule is Cc1cnccc1-c1noc(C2CCC(C(=O)O)C2)n1. The summed E-state index contributed by atoms with van der Waals surface area (Å²) in [5.41, 5.74) is 1.87. The number of aromatic nitrogens is 3. The monoisotopic (exact) mass is 273 g/mol. The molecule has 0 amide bonds. The van der Waals surface area contributed by atoms with E-state index in [1.54, 1.807) is 12.4 Å². The van der Waals surface area contributed by atoms with Gasteiger partial charge in [-0.1, -0.05) is 5.16 Å². The highest BCUT2D eigenvalue weighted by Crippen LogP contribution is 2.38. The Morgan fingerprint density at radius 3 is 3.00 bits per heavy atom. The Balaban J connectivity index is 1.81. The molecule has 1 fully saturated rings. The number of hydrogen-bond donors (Lipinski definition) is 1. The van der Waals surface area contributed by atoms with Gasteiger partial charge in [0.2, 0.25) is 11.7 Å². The normalized spacial score (nSPS) is 22.1. The van der Waals surface area contributed by atoms with Gasteiger partial charge in [-0.05, 0) is 37.8 Å². The summed E-state index contributed by atoms with van der Waals surface area (Å²) in [6.45, 7) is 1.94. The second-order valence-corrected chi connectivity index (χ2v) is 5.19. The topological polar surface area (TPSA) is 89.1 Å². The molecule has 0 aromatic carbocycles. The van der Waals surface area contributed by atoms with Crippen LogP contribution in [0.3, 0.4) is 0 Å². The number of aryl methyl sites for hydroxylation is 1.